The van der Waals surface area contributed by atoms with Crippen molar-refractivity contribution in [3.8, 4) is 0 Å². The Bertz CT molecular complexity index is 1490. The molecule has 1 unspecified atom stereocenters. The van der Waals surface area contributed by atoms with E-state index >= 15 is 0 Å². The van der Waals surface area contributed by atoms with Crippen LogP contribution >= 0.6 is 0 Å². The molecule has 3 N–H and O–H groups in total. The van der Waals surface area contributed by atoms with E-state index in [4.69, 9.17) is 0 Å². The number of rotatable bonds is 2. The van der Waals surface area contributed by atoms with Crippen molar-refractivity contribution in [2.45, 2.75) is 10.9 Å². The van der Waals surface area contributed by atoms with E-state index in [9.17, 15) is 36.4 Å². The molecule has 2 aromatic carbocycles. The molecule has 0 bridgehead atoms. The maximum atomic E-state index is 14.7. The minimum atomic E-state index is -4.69. The Morgan fingerprint density at radius 1 is 1.16 bits per heavy atom. The van der Waals surface area contributed by atoms with E-state index in [-0.39, 0.29) is 33.4 Å². The molecule has 0 radical (unpaired) electrons. The maximum Gasteiger partial charge on any atom is 0.341 e. The van der Waals surface area contributed by atoms with Crippen LogP contribution in [-0.2, 0) is 19.7 Å². The second-order valence-corrected chi connectivity index (χ2v) is 8.47. The van der Waals surface area contributed by atoms with E-state index in [1.165, 1.54) is 17.0 Å². The normalized spacial score (nSPS) is 20.1. The molecule has 8 nitrogen and oxygen atoms in total. The largest absolute Gasteiger partial charge is 0.477 e. The summed E-state index contributed by atoms with van der Waals surface area (Å²) >= 11 is 0. The number of carbonyl (C=O) groups excluding carboxylic acids is 1. The van der Waals surface area contributed by atoms with Gasteiger partial charge >= 0.3 is 5.97 Å². The van der Waals surface area contributed by atoms with Crippen molar-refractivity contribution in [3.63, 3.8) is 0 Å². The van der Waals surface area contributed by atoms with Gasteiger partial charge in [0.05, 0.1) is 0 Å². The molecule has 0 spiro atoms. The number of hydrogen-bond acceptors (Lipinski definition) is 5. The quantitative estimate of drug-likeness (QED) is 0.466. The number of benzene rings is 2. The number of carboxylic acids is 1. The predicted octanol–water partition coefficient (Wildman–Crippen LogP) is 1.07. The second kappa shape index (κ2) is 6.15. The van der Waals surface area contributed by atoms with Crippen molar-refractivity contribution >= 4 is 49.7 Å². The Kier molecular flexibility index (Phi) is 3.83. The molecule has 0 saturated heterocycles. The zero-order chi connectivity index (χ0) is 22.2. The minimum Gasteiger partial charge on any atom is -0.477 e. The standard InChI is InChI=1S/C20H10F2N2O6S/c21-12-5-10-18-16(15(12)22)23-13-6-14(31(28,29)30)8-3-1-2-4-9(8)17(13)24(18)7-11(19(10)25)20(26)27/h1-7,18H,(H,26,27)(H,28,29,30)/p+1. The molecule has 0 aromatic heterocycles. The molecule has 0 fully saturated rings. The molecule has 0 amide bonds. The third-order valence-corrected chi connectivity index (χ3v) is 6.26. The number of nitrogens with one attached hydrogen (secondary N) is 1. The fourth-order valence-corrected chi connectivity index (χ4v) is 4.84. The smallest absolute Gasteiger partial charge is 0.341 e. The number of halogens is 2. The van der Waals surface area contributed by atoms with Gasteiger partial charge in [-0.15, -0.1) is 0 Å². The number of aliphatic carboxylic acids is 1. The monoisotopic (exact) mass is 445 g/mol. The highest BCUT2D eigenvalue weighted by Crippen LogP contribution is 2.44. The Balaban J connectivity index is 1.96. The van der Waals surface area contributed by atoms with E-state index in [2.05, 4.69) is 4.99 Å². The van der Waals surface area contributed by atoms with Gasteiger partial charge in [-0.25, -0.2) is 14.2 Å². The summed E-state index contributed by atoms with van der Waals surface area (Å²) in [5, 5.41) is 9.87. The minimum absolute atomic E-state index is 0.0166. The van der Waals surface area contributed by atoms with E-state index in [1.54, 1.807) is 12.1 Å². The average molecular weight is 445 g/mol. The van der Waals surface area contributed by atoms with Gasteiger partial charge in [-0.1, -0.05) is 24.3 Å². The topological polar surface area (TPSA) is 126 Å². The molecule has 156 valence electrons. The van der Waals surface area contributed by atoms with Crippen molar-refractivity contribution in [2.24, 2.45) is 0 Å². The van der Waals surface area contributed by atoms with Crippen LogP contribution in [0.4, 0.5) is 20.2 Å². The van der Waals surface area contributed by atoms with Gasteiger partial charge in [0.25, 0.3) is 10.1 Å². The van der Waals surface area contributed by atoms with Gasteiger partial charge in [0.15, 0.2) is 11.9 Å². The Morgan fingerprint density at radius 3 is 2.48 bits per heavy atom. The summed E-state index contributed by atoms with van der Waals surface area (Å²) in [5.74, 6) is -5.18. The number of allylic oxidation sites excluding steroid dienone is 2. The summed E-state index contributed by atoms with van der Waals surface area (Å²) in [6, 6.07) is 5.96. The zero-order valence-electron chi connectivity index (χ0n) is 15.3. The molecule has 5 rings (SSSR count). The first-order valence-electron chi connectivity index (χ1n) is 8.82. The fraction of sp³-hybridized carbons (Fsp3) is 0.0500. The van der Waals surface area contributed by atoms with Crippen molar-refractivity contribution in [2.75, 3.05) is 4.90 Å². The molecule has 31 heavy (non-hydrogen) atoms. The predicted molar refractivity (Wildman–Crippen MR) is 104 cm³/mol. The van der Waals surface area contributed by atoms with Gasteiger partial charge in [-0.3, -0.25) is 9.35 Å². The zero-order valence-corrected chi connectivity index (χ0v) is 16.1. The van der Waals surface area contributed by atoms with Crippen LogP contribution in [0.15, 0.2) is 70.3 Å². The van der Waals surface area contributed by atoms with Gasteiger partial charge in [0.2, 0.25) is 23.0 Å². The molecule has 2 aromatic rings. The average Bonchev–Trinajstić information content (AvgIpc) is 2.71. The van der Waals surface area contributed by atoms with Crippen LogP contribution in [0.3, 0.4) is 0 Å². The molecule has 11 heteroatoms. The highest BCUT2D eigenvalue weighted by atomic mass is 32.2. The lowest BCUT2D eigenvalue weighted by atomic mass is 9.83. The van der Waals surface area contributed by atoms with Gasteiger partial charge < -0.3 is 10.0 Å². The maximum absolute atomic E-state index is 14.7. The molecule has 1 aliphatic carbocycles. The van der Waals surface area contributed by atoms with Crippen molar-refractivity contribution in [1.29, 1.82) is 0 Å². The second-order valence-electron chi connectivity index (χ2n) is 7.08. The van der Waals surface area contributed by atoms with Crippen LogP contribution in [0.25, 0.3) is 10.8 Å². The van der Waals surface area contributed by atoms with E-state index in [0.29, 0.717) is 6.08 Å². The SMILES string of the molecule is O=C(O)C1=CN2c3c(cc(S(=O)(=O)O)c4ccccc34)[NH+]=C3C(F)=C(F)C=C(C1=O)C32. The van der Waals surface area contributed by atoms with E-state index in [1.807, 2.05) is 0 Å². The lowest BCUT2D eigenvalue weighted by Gasteiger charge is -2.38. The fourth-order valence-electron chi connectivity index (χ4n) is 4.12. The van der Waals surface area contributed by atoms with Gasteiger partial charge in [0, 0.05) is 28.6 Å². The first-order chi connectivity index (χ1) is 14.6. The summed E-state index contributed by atoms with van der Waals surface area (Å²) in [5.41, 5.74) is -1.10. The summed E-state index contributed by atoms with van der Waals surface area (Å²) in [4.78, 5) is 27.7. The highest BCUT2D eigenvalue weighted by molar-refractivity contribution is 7.86. The number of ketones is 1. The van der Waals surface area contributed by atoms with Crippen LogP contribution in [0.1, 0.15) is 0 Å². The third-order valence-electron chi connectivity index (χ3n) is 5.36. The van der Waals surface area contributed by atoms with Crippen molar-refractivity contribution in [1.82, 2.24) is 0 Å². The molecule has 2 heterocycles. The van der Waals surface area contributed by atoms with Gasteiger partial charge in [-0.2, -0.15) is 12.8 Å². The highest BCUT2D eigenvalue weighted by Gasteiger charge is 2.50. The van der Waals surface area contributed by atoms with Crippen LogP contribution in [0.2, 0.25) is 0 Å². The summed E-state index contributed by atoms with van der Waals surface area (Å²) in [6.07, 6.45) is 1.68. The van der Waals surface area contributed by atoms with Crippen LogP contribution < -0.4 is 9.89 Å². The Hall–Kier alpha value is -3.70. The van der Waals surface area contributed by atoms with E-state index in [0.717, 1.165) is 12.3 Å². The number of carboxylic acid groups (broad SMARTS) is 1. The molecule has 0 saturated carbocycles. The van der Waals surface area contributed by atoms with Gasteiger partial charge in [0.1, 0.15) is 16.2 Å². The molecule has 3 aliphatic rings. The first kappa shape index (κ1) is 19.3. The summed E-state index contributed by atoms with van der Waals surface area (Å²) in [7, 11) is -4.69. The lowest BCUT2D eigenvalue weighted by Crippen LogP contribution is -2.75. The lowest BCUT2D eigenvalue weighted by molar-refractivity contribution is -0.357. The molecular weight excluding hydrogens is 434 g/mol. The summed E-state index contributed by atoms with van der Waals surface area (Å²) < 4.78 is 62.5. The first-order valence-corrected chi connectivity index (χ1v) is 10.3. The Labute approximate surface area is 172 Å². The van der Waals surface area contributed by atoms with E-state index < -0.39 is 50.0 Å². The van der Waals surface area contributed by atoms with Crippen LogP contribution in [0, 0.1) is 0 Å². The van der Waals surface area contributed by atoms with Crippen molar-refractivity contribution < 1.29 is 41.4 Å². The van der Waals surface area contributed by atoms with Gasteiger partial charge in [-0.05, 0) is 6.08 Å². The Morgan fingerprint density at radius 2 is 1.84 bits per heavy atom. The summed E-state index contributed by atoms with van der Waals surface area (Å²) in [6.45, 7) is 0. The van der Waals surface area contributed by atoms with Crippen LogP contribution in [-0.4, -0.2) is 41.6 Å². The number of Topliss-reactive ketones (excluding diaryl/α,β-unsaturated/α-hetero) is 1. The number of hydrogen-bond donors (Lipinski definition) is 3. The van der Waals surface area contributed by atoms with Crippen molar-refractivity contribution in [3.05, 3.63) is 65.4 Å². The number of nitrogens with zero attached hydrogens (tertiary/aromatic N) is 1. The number of anilines is 1. The number of fused-ring (bicyclic) bond motifs is 4. The molecule has 1 atom stereocenters. The third kappa shape index (κ3) is 2.60. The molecular formula is C20H11F2N2O6S+. The molecule has 2 aliphatic heterocycles. The van der Waals surface area contributed by atoms with Crippen LogP contribution in [0.5, 0.6) is 0 Å². The number of carbonyl (C=O) groups is 2.